The molecule has 1 fully saturated rings. The maximum absolute atomic E-state index is 4.64. The van der Waals surface area contributed by atoms with Crippen LogP contribution in [-0.4, -0.2) is 49.6 Å². The summed E-state index contributed by atoms with van der Waals surface area (Å²) in [5, 5.41) is 6.93. The first-order valence-electron chi connectivity index (χ1n) is 7.92. The molecule has 1 aliphatic heterocycles. The van der Waals surface area contributed by atoms with E-state index in [4.69, 9.17) is 0 Å². The highest BCUT2D eigenvalue weighted by Crippen LogP contribution is 2.10. The van der Waals surface area contributed by atoms with Crippen LogP contribution in [0.5, 0.6) is 0 Å². The van der Waals surface area contributed by atoms with Crippen LogP contribution < -0.4 is 10.6 Å². The predicted octanol–water partition coefficient (Wildman–Crippen LogP) is 2.69. The van der Waals surface area contributed by atoms with Crippen LogP contribution in [0.15, 0.2) is 4.99 Å². The standard InChI is InChI=1S/C15H32N4.HI/c1-5-9-19-10-7-14(8-11-19)18-15(16-6-2)17-12-13(3)4;/h13-14H,5-12H2,1-4H3,(H2,16,17,18);1H. The first kappa shape index (κ1) is 20.0. The van der Waals surface area contributed by atoms with Gasteiger partial charge in [0.2, 0.25) is 0 Å². The summed E-state index contributed by atoms with van der Waals surface area (Å²) in [6, 6.07) is 0.582. The molecule has 0 spiro atoms. The van der Waals surface area contributed by atoms with E-state index in [-0.39, 0.29) is 24.0 Å². The first-order valence-corrected chi connectivity index (χ1v) is 7.92. The van der Waals surface area contributed by atoms with E-state index >= 15 is 0 Å². The number of nitrogens with zero attached hydrogens (tertiary/aromatic N) is 2. The largest absolute Gasteiger partial charge is 0.357 e. The van der Waals surface area contributed by atoms with E-state index in [0.717, 1.165) is 19.0 Å². The molecule has 0 saturated carbocycles. The fourth-order valence-electron chi connectivity index (χ4n) is 2.40. The molecule has 1 heterocycles. The van der Waals surface area contributed by atoms with Gasteiger partial charge < -0.3 is 15.5 Å². The van der Waals surface area contributed by atoms with Gasteiger partial charge in [0.25, 0.3) is 0 Å². The second-order valence-electron chi connectivity index (χ2n) is 5.87. The lowest BCUT2D eigenvalue weighted by Crippen LogP contribution is -2.48. The van der Waals surface area contributed by atoms with Crippen molar-refractivity contribution in [3.63, 3.8) is 0 Å². The number of likely N-dealkylation sites (tertiary alicyclic amines) is 1. The second-order valence-corrected chi connectivity index (χ2v) is 5.87. The quantitative estimate of drug-likeness (QED) is 0.412. The average Bonchev–Trinajstić information content (AvgIpc) is 2.39. The zero-order chi connectivity index (χ0) is 14.1. The molecule has 0 bridgehead atoms. The fourth-order valence-corrected chi connectivity index (χ4v) is 2.40. The number of rotatable bonds is 6. The van der Waals surface area contributed by atoms with Crippen molar-refractivity contribution in [2.24, 2.45) is 10.9 Å². The summed E-state index contributed by atoms with van der Waals surface area (Å²) < 4.78 is 0. The Hall–Kier alpha value is -0.0400. The molecular weight excluding hydrogens is 363 g/mol. The number of halogens is 1. The second kappa shape index (κ2) is 11.6. The van der Waals surface area contributed by atoms with Gasteiger partial charge in [-0.3, -0.25) is 4.99 Å². The van der Waals surface area contributed by atoms with Crippen molar-refractivity contribution in [2.45, 2.75) is 53.0 Å². The van der Waals surface area contributed by atoms with Gasteiger partial charge in [-0.15, -0.1) is 24.0 Å². The molecule has 0 atom stereocenters. The maximum Gasteiger partial charge on any atom is 0.191 e. The summed E-state index contributed by atoms with van der Waals surface area (Å²) in [4.78, 5) is 7.21. The van der Waals surface area contributed by atoms with E-state index in [1.807, 2.05) is 0 Å². The molecule has 1 rings (SSSR count). The zero-order valence-electron chi connectivity index (χ0n) is 13.6. The molecule has 1 aliphatic rings. The third kappa shape index (κ3) is 8.29. The van der Waals surface area contributed by atoms with E-state index in [0.29, 0.717) is 12.0 Å². The Labute approximate surface area is 142 Å². The van der Waals surface area contributed by atoms with Crippen molar-refractivity contribution < 1.29 is 0 Å². The van der Waals surface area contributed by atoms with Gasteiger partial charge in [0, 0.05) is 32.2 Å². The van der Waals surface area contributed by atoms with Gasteiger partial charge >= 0.3 is 0 Å². The van der Waals surface area contributed by atoms with Crippen LogP contribution in [0, 0.1) is 5.92 Å². The number of aliphatic imine (C=N–C) groups is 1. The van der Waals surface area contributed by atoms with Crippen LogP contribution in [-0.2, 0) is 0 Å². The fraction of sp³-hybridized carbons (Fsp3) is 0.933. The minimum atomic E-state index is 0. The Bertz CT molecular complexity index is 261. The maximum atomic E-state index is 4.64. The number of guanidine groups is 1. The molecule has 0 aromatic heterocycles. The van der Waals surface area contributed by atoms with Crippen LogP contribution in [0.25, 0.3) is 0 Å². The lowest BCUT2D eigenvalue weighted by atomic mass is 10.1. The normalized spacial score (nSPS) is 17.9. The molecule has 20 heavy (non-hydrogen) atoms. The van der Waals surface area contributed by atoms with Gasteiger partial charge in [-0.05, 0) is 38.6 Å². The van der Waals surface area contributed by atoms with E-state index in [1.54, 1.807) is 0 Å². The van der Waals surface area contributed by atoms with Crippen LogP contribution in [0.3, 0.4) is 0 Å². The molecule has 120 valence electrons. The minimum Gasteiger partial charge on any atom is -0.357 e. The topological polar surface area (TPSA) is 39.7 Å². The molecule has 0 unspecified atom stereocenters. The van der Waals surface area contributed by atoms with Crippen molar-refractivity contribution in [1.82, 2.24) is 15.5 Å². The Balaban J connectivity index is 0.00000361. The molecule has 0 aliphatic carbocycles. The highest BCUT2D eigenvalue weighted by molar-refractivity contribution is 14.0. The Morgan fingerprint density at radius 1 is 1.25 bits per heavy atom. The molecule has 0 radical (unpaired) electrons. The van der Waals surface area contributed by atoms with Crippen LogP contribution in [0.1, 0.15) is 47.0 Å². The average molecular weight is 396 g/mol. The van der Waals surface area contributed by atoms with Crippen LogP contribution >= 0.6 is 24.0 Å². The molecule has 0 aromatic carbocycles. The summed E-state index contributed by atoms with van der Waals surface area (Å²) >= 11 is 0. The Morgan fingerprint density at radius 2 is 1.90 bits per heavy atom. The summed E-state index contributed by atoms with van der Waals surface area (Å²) in [7, 11) is 0. The summed E-state index contributed by atoms with van der Waals surface area (Å²) in [5.41, 5.74) is 0. The lowest BCUT2D eigenvalue weighted by molar-refractivity contribution is 0.206. The van der Waals surface area contributed by atoms with E-state index in [1.165, 1.54) is 38.9 Å². The van der Waals surface area contributed by atoms with Gasteiger partial charge in [-0.25, -0.2) is 0 Å². The minimum absolute atomic E-state index is 0. The number of hydrogen-bond acceptors (Lipinski definition) is 2. The third-order valence-electron chi connectivity index (χ3n) is 3.43. The third-order valence-corrected chi connectivity index (χ3v) is 3.43. The SMILES string of the molecule is CCCN1CCC(NC(=NCC(C)C)NCC)CC1.I. The van der Waals surface area contributed by atoms with Crippen LogP contribution in [0.4, 0.5) is 0 Å². The zero-order valence-corrected chi connectivity index (χ0v) is 15.9. The lowest BCUT2D eigenvalue weighted by Gasteiger charge is -2.32. The highest BCUT2D eigenvalue weighted by atomic mass is 127. The summed E-state index contributed by atoms with van der Waals surface area (Å²) in [6.45, 7) is 14.3. The van der Waals surface area contributed by atoms with Crippen molar-refractivity contribution in [2.75, 3.05) is 32.7 Å². The Morgan fingerprint density at radius 3 is 2.40 bits per heavy atom. The van der Waals surface area contributed by atoms with Gasteiger partial charge in [0.1, 0.15) is 0 Å². The van der Waals surface area contributed by atoms with Gasteiger partial charge in [0.05, 0.1) is 0 Å². The van der Waals surface area contributed by atoms with Gasteiger partial charge in [-0.2, -0.15) is 0 Å². The van der Waals surface area contributed by atoms with E-state index < -0.39 is 0 Å². The van der Waals surface area contributed by atoms with Gasteiger partial charge in [-0.1, -0.05) is 20.8 Å². The smallest absolute Gasteiger partial charge is 0.191 e. The van der Waals surface area contributed by atoms with Crippen LogP contribution in [0.2, 0.25) is 0 Å². The number of piperidine rings is 1. The van der Waals surface area contributed by atoms with E-state index in [9.17, 15) is 0 Å². The van der Waals surface area contributed by atoms with Crippen molar-refractivity contribution in [1.29, 1.82) is 0 Å². The molecule has 0 aromatic rings. The molecule has 2 N–H and O–H groups in total. The first-order chi connectivity index (χ1) is 9.15. The van der Waals surface area contributed by atoms with Gasteiger partial charge in [0.15, 0.2) is 5.96 Å². The molecular formula is C15H33IN4. The number of nitrogens with one attached hydrogen (secondary N) is 2. The molecule has 4 nitrogen and oxygen atoms in total. The summed E-state index contributed by atoms with van der Waals surface area (Å²) in [5.74, 6) is 1.60. The number of hydrogen-bond donors (Lipinski definition) is 2. The van der Waals surface area contributed by atoms with Crippen molar-refractivity contribution >= 4 is 29.9 Å². The highest BCUT2D eigenvalue weighted by Gasteiger charge is 2.19. The monoisotopic (exact) mass is 396 g/mol. The Kier molecular flexibility index (Phi) is 11.6. The molecule has 5 heteroatoms. The van der Waals surface area contributed by atoms with E-state index in [2.05, 4.69) is 48.2 Å². The molecule has 0 amide bonds. The molecule has 1 saturated heterocycles. The van der Waals surface area contributed by atoms with Crippen molar-refractivity contribution in [3.05, 3.63) is 0 Å². The predicted molar refractivity (Wildman–Crippen MR) is 99.1 cm³/mol. The summed E-state index contributed by atoms with van der Waals surface area (Å²) in [6.07, 6.45) is 3.72. The van der Waals surface area contributed by atoms with Crippen molar-refractivity contribution in [3.8, 4) is 0 Å².